The lowest BCUT2D eigenvalue weighted by molar-refractivity contribution is -0.132. The second-order valence-electron chi connectivity index (χ2n) is 6.54. The summed E-state index contributed by atoms with van der Waals surface area (Å²) in [5, 5.41) is 10.3. The topological polar surface area (TPSA) is 88.3 Å². The highest BCUT2D eigenvalue weighted by molar-refractivity contribution is 5.94. The molecule has 0 spiro atoms. The van der Waals surface area contributed by atoms with Crippen molar-refractivity contribution >= 4 is 11.8 Å². The van der Waals surface area contributed by atoms with E-state index in [0.717, 1.165) is 12.8 Å². The second-order valence-corrected chi connectivity index (χ2v) is 6.54. The van der Waals surface area contributed by atoms with Gasteiger partial charge in [0.15, 0.2) is 0 Å². The molecule has 2 heterocycles. The highest BCUT2D eigenvalue weighted by Gasteiger charge is 2.25. The van der Waals surface area contributed by atoms with E-state index >= 15 is 0 Å². The van der Waals surface area contributed by atoms with Crippen LogP contribution >= 0.6 is 0 Å². The van der Waals surface area contributed by atoms with Crippen molar-refractivity contribution in [2.75, 3.05) is 19.6 Å². The first-order valence-electron chi connectivity index (χ1n) is 8.62. The Balaban J connectivity index is 1.50. The first-order valence-corrected chi connectivity index (χ1v) is 8.62. The highest BCUT2D eigenvalue weighted by Crippen LogP contribution is 2.17. The van der Waals surface area contributed by atoms with Crippen molar-refractivity contribution < 1.29 is 18.6 Å². The summed E-state index contributed by atoms with van der Waals surface area (Å²) in [5.41, 5.74) is 1.60. The van der Waals surface area contributed by atoms with Gasteiger partial charge in [-0.1, -0.05) is 10.3 Å². The average Bonchev–Trinajstić information content (AvgIpc) is 3.05. The molecule has 138 valence electrons. The molecule has 2 amide bonds. The van der Waals surface area contributed by atoms with Gasteiger partial charge in [-0.2, -0.15) is 0 Å². The third-order valence-corrected chi connectivity index (χ3v) is 4.59. The summed E-state index contributed by atoms with van der Waals surface area (Å²) >= 11 is 0. The Hall–Kier alpha value is -2.77. The summed E-state index contributed by atoms with van der Waals surface area (Å²) in [5.74, 6) is -0.440. The second kappa shape index (κ2) is 8.07. The Morgan fingerprint density at radius 3 is 2.77 bits per heavy atom. The van der Waals surface area contributed by atoms with Crippen LogP contribution in [0.1, 0.15) is 34.6 Å². The van der Waals surface area contributed by atoms with Crippen LogP contribution in [-0.4, -0.2) is 46.7 Å². The molecular weight excluding hydrogens is 339 g/mol. The number of rotatable bonds is 5. The summed E-state index contributed by atoms with van der Waals surface area (Å²) in [6.45, 7) is 3.52. The van der Waals surface area contributed by atoms with Gasteiger partial charge in [0.1, 0.15) is 17.2 Å². The van der Waals surface area contributed by atoms with Crippen molar-refractivity contribution in [1.82, 2.24) is 20.5 Å². The van der Waals surface area contributed by atoms with E-state index in [1.54, 1.807) is 11.8 Å². The number of carbonyl (C=O) groups excluding carboxylic acids is 2. The molecule has 1 aliphatic rings. The van der Waals surface area contributed by atoms with Crippen LogP contribution in [0.3, 0.4) is 0 Å². The molecule has 3 rings (SSSR count). The van der Waals surface area contributed by atoms with E-state index in [0.29, 0.717) is 36.6 Å². The maximum Gasteiger partial charge on any atom is 0.251 e. The third-order valence-electron chi connectivity index (χ3n) is 4.59. The number of nitrogens with zero attached hydrogens (tertiary/aromatic N) is 3. The number of aryl methyl sites for hydroxylation is 1. The van der Waals surface area contributed by atoms with E-state index in [-0.39, 0.29) is 30.0 Å². The molecule has 1 aromatic heterocycles. The van der Waals surface area contributed by atoms with Crippen molar-refractivity contribution in [3.8, 4) is 0 Å². The first kappa shape index (κ1) is 18.0. The van der Waals surface area contributed by atoms with Crippen LogP contribution in [0.25, 0.3) is 0 Å². The fourth-order valence-corrected chi connectivity index (χ4v) is 3.06. The number of benzene rings is 1. The number of piperidine rings is 1. The largest absolute Gasteiger partial charge is 0.352 e. The van der Waals surface area contributed by atoms with E-state index < -0.39 is 0 Å². The molecule has 0 radical (unpaired) electrons. The van der Waals surface area contributed by atoms with Crippen molar-refractivity contribution in [2.45, 2.75) is 26.2 Å². The summed E-state index contributed by atoms with van der Waals surface area (Å²) in [7, 11) is 0. The molecule has 0 bridgehead atoms. The molecule has 2 aromatic rings. The lowest BCUT2D eigenvalue weighted by Crippen LogP contribution is -2.44. The Morgan fingerprint density at radius 1 is 1.31 bits per heavy atom. The molecule has 1 unspecified atom stereocenters. The minimum absolute atomic E-state index is 0.0154. The monoisotopic (exact) mass is 360 g/mol. The lowest BCUT2D eigenvalue weighted by Gasteiger charge is -2.32. The molecule has 0 aliphatic carbocycles. The van der Waals surface area contributed by atoms with Crippen LogP contribution in [-0.2, 0) is 11.2 Å². The van der Waals surface area contributed by atoms with Crippen LogP contribution in [0.15, 0.2) is 28.9 Å². The summed E-state index contributed by atoms with van der Waals surface area (Å²) in [6.07, 6.45) is 2.00. The van der Waals surface area contributed by atoms with Crippen LogP contribution in [0.4, 0.5) is 4.39 Å². The zero-order chi connectivity index (χ0) is 18.5. The van der Waals surface area contributed by atoms with Gasteiger partial charge in [0.25, 0.3) is 5.91 Å². The van der Waals surface area contributed by atoms with E-state index in [1.165, 1.54) is 24.3 Å². The standard InChI is InChI=1S/C18H21FN4O3/c1-12-16(22-26-21-12)9-17(24)23-8-2-3-13(11-23)10-20-18(25)14-4-6-15(19)7-5-14/h4-7,13H,2-3,8-11H2,1H3,(H,20,25). The molecule has 1 N–H and O–H groups in total. The molecule has 1 saturated heterocycles. The molecule has 26 heavy (non-hydrogen) atoms. The fourth-order valence-electron chi connectivity index (χ4n) is 3.06. The fraction of sp³-hybridized carbons (Fsp3) is 0.444. The average molecular weight is 360 g/mol. The molecule has 1 atom stereocenters. The zero-order valence-corrected chi connectivity index (χ0v) is 14.6. The van der Waals surface area contributed by atoms with Gasteiger partial charge in [0.2, 0.25) is 5.91 Å². The number of hydrogen-bond acceptors (Lipinski definition) is 5. The van der Waals surface area contributed by atoms with Crippen LogP contribution < -0.4 is 5.32 Å². The van der Waals surface area contributed by atoms with Gasteiger partial charge >= 0.3 is 0 Å². The van der Waals surface area contributed by atoms with Gasteiger partial charge in [-0.15, -0.1) is 0 Å². The SMILES string of the molecule is Cc1nonc1CC(=O)N1CCCC(CNC(=O)c2ccc(F)cc2)C1. The molecule has 8 heteroatoms. The van der Waals surface area contributed by atoms with Crippen LogP contribution in [0, 0.1) is 18.7 Å². The Kier molecular flexibility index (Phi) is 5.60. The number of likely N-dealkylation sites (tertiary alicyclic amines) is 1. The summed E-state index contributed by atoms with van der Waals surface area (Å²) in [6, 6.07) is 5.43. The van der Waals surface area contributed by atoms with Gasteiger partial charge < -0.3 is 10.2 Å². The number of hydrogen-bond donors (Lipinski definition) is 1. The zero-order valence-electron chi connectivity index (χ0n) is 14.6. The van der Waals surface area contributed by atoms with E-state index in [4.69, 9.17) is 0 Å². The lowest BCUT2D eigenvalue weighted by atomic mass is 9.97. The quantitative estimate of drug-likeness (QED) is 0.877. The molecule has 1 fully saturated rings. The van der Waals surface area contributed by atoms with Crippen molar-refractivity contribution in [3.05, 3.63) is 47.0 Å². The molecule has 0 saturated carbocycles. The Bertz CT molecular complexity index is 775. The number of aromatic nitrogens is 2. The third kappa shape index (κ3) is 4.44. The number of amides is 2. The molecule has 1 aromatic carbocycles. The summed E-state index contributed by atoms with van der Waals surface area (Å²) < 4.78 is 17.5. The van der Waals surface area contributed by atoms with Crippen LogP contribution in [0.5, 0.6) is 0 Å². The molecular formula is C18H21FN4O3. The van der Waals surface area contributed by atoms with Crippen LogP contribution in [0.2, 0.25) is 0 Å². The Labute approximate surface area is 150 Å². The van der Waals surface area contributed by atoms with E-state index in [9.17, 15) is 14.0 Å². The molecule has 7 nitrogen and oxygen atoms in total. The minimum atomic E-state index is -0.375. The van der Waals surface area contributed by atoms with E-state index in [2.05, 4.69) is 20.3 Å². The normalized spacial score (nSPS) is 17.2. The van der Waals surface area contributed by atoms with Gasteiger partial charge in [-0.25, -0.2) is 9.02 Å². The molecule has 1 aliphatic heterocycles. The summed E-state index contributed by atoms with van der Waals surface area (Å²) in [4.78, 5) is 26.4. The van der Waals surface area contributed by atoms with E-state index in [1.807, 2.05) is 0 Å². The first-order chi connectivity index (χ1) is 12.5. The van der Waals surface area contributed by atoms with Crippen molar-refractivity contribution in [1.29, 1.82) is 0 Å². The van der Waals surface area contributed by atoms with Gasteiger partial charge in [-0.05, 0) is 49.9 Å². The maximum atomic E-state index is 12.9. The number of nitrogens with one attached hydrogen (secondary N) is 1. The predicted octanol–water partition coefficient (Wildman–Crippen LogP) is 1.73. The number of carbonyl (C=O) groups is 2. The smallest absolute Gasteiger partial charge is 0.251 e. The van der Waals surface area contributed by atoms with Gasteiger partial charge in [0, 0.05) is 25.2 Å². The van der Waals surface area contributed by atoms with Gasteiger partial charge in [0.05, 0.1) is 6.42 Å². The number of halogens is 1. The van der Waals surface area contributed by atoms with Crippen molar-refractivity contribution in [3.63, 3.8) is 0 Å². The predicted molar refractivity (Wildman–Crippen MR) is 90.8 cm³/mol. The highest BCUT2D eigenvalue weighted by atomic mass is 19.1. The maximum absolute atomic E-state index is 12.9. The van der Waals surface area contributed by atoms with Crippen molar-refractivity contribution in [2.24, 2.45) is 5.92 Å². The minimum Gasteiger partial charge on any atom is -0.352 e. The van der Waals surface area contributed by atoms with Gasteiger partial charge in [-0.3, -0.25) is 9.59 Å². The Morgan fingerprint density at radius 2 is 2.08 bits per heavy atom.